The summed E-state index contributed by atoms with van der Waals surface area (Å²) in [7, 11) is 0. The number of rotatable bonds is 1. The van der Waals surface area contributed by atoms with Crippen molar-refractivity contribution in [1.82, 2.24) is 0 Å². The third-order valence-corrected chi connectivity index (χ3v) is 1.43. The minimum Gasteiger partial charge on any atom is -0.348 e. The van der Waals surface area contributed by atoms with Gasteiger partial charge in [-0.3, -0.25) is 10.1 Å². The van der Waals surface area contributed by atoms with Crippen LogP contribution in [0.15, 0.2) is 0 Å². The highest BCUT2D eigenvalue weighted by atomic mass is 16.7. The van der Waals surface area contributed by atoms with Crippen LogP contribution in [0.4, 0.5) is 0 Å². The summed E-state index contributed by atoms with van der Waals surface area (Å²) in [5.41, 5.74) is -1.04. The highest BCUT2D eigenvalue weighted by Gasteiger charge is 2.40. The average Bonchev–Trinajstić information content (AvgIpc) is 1.89. The Hall–Kier alpha value is -0.680. The molecule has 0 radical (unpaired) electrons. The predicted molar refractivity (Wildman–Crippen MR) is 32.2 cm³/mol. The maximum atomic E-state index is 10.3. The molecule has 0 unspecified atom stereocenters. The van der Waals surface area contributed by atoms with E-state index in [2.05, 4.69) is 0 Å². The summed E-state index contributed by atoms with van der Waals surface area (Å²) in [6.07, 6.45) is 0. The molecule has 0 N–H and O–H groups in total. The Bertz CT molecular complexity index is 141. The van der Waals surface area contributed by atoms with Crippen molar-refractivity contribution in [2.24, 2.45) is 0 Å². The van der Waals surface area contributed by atoms with Crippen molar-refractivity contribution < 1.29 is 14.4 Å². The van der Waals surface area contributed by atoms with Crippen LogP contribution >= 0.6 is 0 Å². The van der Waals surface area contributed by atoms with Gasteiger partial charge in [0.1, 0.15) is 20.0 Å². The van der Waals surface area contributed by atoms with Crippen LogP contribution in [-0.2, 0) is 9.47 Å². The fourth-order valence-electron chi connectivity index (χ4n) is 0.729. The van der Waals surface area contributed by atoms with Crippen molar-refractivity contribution in [3.63, 3.8) is 0 Å². The molecule has 0 aromatic carbocycles. The molecule has 10 heavy (non-hydrogen) atoms. The minimum absolute atomic E-state index is 0.139. The third-order valence-electron chi connectivity index (χ3n) is 1.43. The topological polar surface area (TPSA) is 61.6 Å². The molecular formula is C5H9NO4. The van der Waals surface area contributed by atoms with Crippen LogP contribution in [0.5, 0.6) is 0 Å². The first-order valence-electron chi connectivity index (χ1n) is 2.95. The second kappa shape index (κ2) is 2.51. The van der Waals surface area contributed by atoms with Crippen LogP contribution in [0.2, 0.25) is 0 Å². The first-order valence-corrected chi connectivity index (χ1v) is 2.95. The molecule has 0 saturated carbocycles. The molecule has 1 saturated heterocycles. The number of nitro groups is 1. The molecule has 1 rings (SSSR count). The van der Waals surface area contributed by atoms with Gasteiger partial charge in [0.15, 0.2) is 0 Å². The van der Waals surface area contributed by atoms with Crippen LogP contribution in [-0.4, -0.2) is 30.5 Å². The highest BCUT2D eigenvalue weighted by Crippen LogP contribution is 2.13. The molecule has 1 aliphatic rings. The second-order valence-corrected chi connectivity index (χ2v) is 2.57. The lowest BCUT2D eigenvalue weighted by molar-refractivity contribution is -0.582. The Balaban J connectivity index is 2.56. The first-order chi connectivity index (χ1) is 4.65. The lowest BCUT2D eigenvalue weighted by Gasteiger charge is -2.24. The molecule has 1 heterocycles. The quantitative estimate of drug-likeness (QED) is 0.387. The zero-order valence-electron chi connectivity index (χ0n) is 5.70. The molecule has 1 fully saturated rings. The maximum absolute atomic E-state index is 10.3. The number of ether oxygens (including phenoxy) is 2. The SMILES string of the molecule is CC1([N+](=O)[O-])COCOC1. The molecule has 0 atom stereocenters. The van der Waals surface area contributed by atoms with E-state index in [1.165, 1.54) is 6.92 Å². The van der Waals surface area contributed by atoms with Crippen molar-refractivity contribution >= 4 is 0 Å². The van der Waals surface area contributed by atoms with Crippen LogP contribution < -0.4 is 0 Å². The molecule has 0 aromatic rings. The summed E-state index contributed by atoms with van der Waals surface area (Å²) in [5.74, 6) is 0. The second-order valence-electron chi connectivity index (χ2n) is 2.57. The zero-order valence-corrected chi connectivity index (χ0v) is 5.70. The van der Waals surface area contributed by atoms with Gasteiger partial charge in [-0.25, -0.2) is 0 Å². The average molecular weight is 147 g/mol. The van der Waals surface area contributed by atoms with E-state index in [0.29, 0.717) is 0 Å². The van der Waals surface area contributed by atoms with Gasteiger partial charge in [0.2, 0.25) is 0 Å². The fraction of sp³-hybridized carbons (Fsp3) is 1.00. The monoisotopic (exact) mass is 147 g/mol. The number of hydrogen-bond acceptors (Lipinski definition) is 4. The molecule has 5 heteroatoms. The lowest BCUT2D eigenvalue weighted by Crippen LogP contribution is -2.47. The Labute approximate surface area is 58.1 Å². The van der Waals surface area contributed by atoms with E-state index in [0.717, 1.165) is 0 Å². The van der Waals surface area contributed by atoms with Crippen molar-refractivity contribution in [2.45, 2.75) is 12.5 Å². The standard InChI is InChI=1S/C5H9NO4/c1-5(6(7)8)2-9-4-10-3-5/h2-4H2,1H3. The van der Waals surface area contributed by atoms with Gasteiger partial charge in [0.05, 0.1) is 0 Å². The zero-order chi connectivity index (χ0) is 7.61. The Morgan fingerprint density at radius 1 is 1.50 bits per heavy atom. The predicted octanol–water partition coefficient (Wildman–Crippen LogP) is 0.0261. The highest BCUT2D eigenvalue weighted by molar-refractivity contribution is 4.73. The minimum atomic E-state index is -1.04. The normalized spacial score (nSPS) is 24.1. The Morgan fingerprint density at radius 3 is 2.30 bits per heavy atom. The summed E-state index contributed by atoms with van der Waals surface area (Å²) in [6, 6.07) is 0. The van der Waals surface area contributed by atoms with E-state index in [4.69, 9.17) is 9.47 Å². The van der Waals surface area contributed by atoms with Gasteiger partial charge in [-0.05, 0) is 0 Å². The van der Waals surface area contributed by atoms with Gasteiger partial charge in [0.25, 0.3) is 5.54 Å². The van der Waals surface area contributed by atoms with E-state index in [-0.39, 0.29) is 24.9 Å². The van der Waals surface area contributed by atoms with Gasteiger partial charge < -0.3 is 9.47 Å². The van der Waals surface area contributed by atoms with E-state index in [1.54, 1.807) is 0 Å². The largest absolute Gasteiger partial charge is 0.348 e. The van der Waals surface area contributed by atoms with Gasteiger partial charge in [-0.1, -0.05) is 0 Å². The van der Waals surface area contributed by atoms with Gasteiger partial charge in [-0.2, -0.15) is 0 Å². The number of nitrogens with zero attached hydrogens (tertiary/aromatic N) is 1. The van der Waals surface area contributed by atoms with Crippen molar-refractivity contribution in [2.75, 3.05) is 20.0 Å². The van der Waals surface area contributed by atoms with E-state index in [9.17, 15) is 10.1 Å². The van der Waals surface area contributed by atoms with E-state index in [1.807, 2.05) is 0 Å². The molecule has 0 spiro atoms. The van der Waals surface area contributed by atoms with E-state index < -0.39 is 5.54 Å². The summed E-state index contributed by atoms with van der Waals surface area (Å²) in [6.45, 7) is 1.95. The third kappa shape index (κ3) is 1.25. The smallest absolute Gasteiger partial charge is 0.265 e. The van der Waals surface area contributed by atoms with Crippen LogP contribution in [0.25, 0.3) is 0 Å². The molecule has 0 amide bonds. The molecule has 5 nitrogen and oxygen atoms in total. The molecule has 1 aliphatic heterocycles. The van der Waals surface area contributed by atoms with Crippen molar-refractivity contribution in [1.29, 1.82) is 0 Å². The van der Waals surface area contributed by atoms with Crippen LogP contribution in [0.1, 0.15) is 6.92 Å². The van der Waals surface area contributed by atoms with Crippen LogP contribution in [0.3, 0.4) is 0 Å². The molecule has 0 bridgehead atoms. The summed E-state index contributed by atoms with van der Waals surface area (Å²) >= 11 is 0. The lowest BCUT2D eigenvalue weighted by atomic mass is 10.1. The summed E-state index contributed by atoms with van der Waals surface area (Å²) in [5, 5.41) is 10.3. The van der Waals surface area contributed by atoms with Gasteiger partial charge >= 0.3 is 0 Å². The fourth-order valence-corrected chi connectivity index (χ4v) is 0.729. The molecular weight excluding hydrogens is 138 g/mol. The Kier molecular flexibility index (Phi) is 1.87. The van der Waals surface area contributed by atoms with Gasteiger partial charge in [0, 0.05) is 11.8 Å². The van der Waals surface area contributed by atoms with Crippen molar-refractivity contribution in [3.05, 3.63) is 10.1 Å². The molecule has 0 aromatic heterocycles. The maximum Gasteiger partial charge on any atom is 0.265 e. The molecule has 58 valence electrons. The number of hydrogen-bond donors (Lipinski definition) is 0. The first kappa shape index (κ1) is 7.43. The van der Waals surface area contributed by atoms with Crippen LogP contribution in [0, 0.1) is 10.1 Å². The molecule has 0 aliphatic carbocycles. The summed E-state index contributed by atoms with van der Waals surface area (Å²) in [4.78, 5) is 9.95. The Morgan fingerprint density at radius 2 is 2.00 bits per heavy atom. The summed E-state index contributed by atoms with van der Waals surface area (Å²) < 4.78 is 9.56. The van der Waals surface area contributed by atoms with Crippen molar-refractivity contribution in [3.8, 4) is 0 Å². The van der Waals surface area contributed by atoms with Gasteiger partial charge in [-0.15, -0.1) is 0 Å². The van der Waals surface area contributed by atoms with E-state index >= 15 is 0 Å².